The highest BCUT2D eigenvalue weighted by atomic mass is 16.5. The number of hydrogen-bond acceptors (Lipinski definition) is 5. The summed E-state index contributed by atoms with van der Waals surface area (Å²) >= 11 is 0. The van der Waals surface area contributed by atoms with Gasteiger partial charge in [0.05, 0.1) is 24.9 Å². The van der Waals surface area contributed by atoms with Crippen LogP contribution in [-0.4, -0.2) is 36.7 Å². The van der Waals surface area contributed by atoms with Gasteiger partial charge in [-0.3, -0.25) is 4.79 Å². The van der Waals surface area contributed by atoms with Crippen molar-refractivity contribution in [2.75, 3.05) is 24.3 Å². The van der Waals surface area contributed by atoms with Crippen molar-refractivity contribution in [3.63, 3.8) is 0 Å². The third-order valence-electron chi connectivity index (χ3n) is 2.82. The minimum atomic E-state index is -0.934. The molecule has 3 N–H and O–H groups in total. The predicted molar refractivity (Wildman–Crippen MR) is 71.9 cm³/mol. The largest absolute Gasteiger partial charge is 0.481 e. The van der Waals surface area contributed by atoms with Gasteiger partial charge in [-0.2, -0.15) is 0 Å². The van der Waals surface area contributed by atoms with Crippen LogP contribution in [0.15, 0.2) is 24.3 Å². The standard InChI is InChI=1S/C13H18N2O4/c1-9(13(18)19-2)15(8-7-12(16)17)11-6-4-3-5-10(11)14/h3-6,9H,7-8,14H2,1-2H3,(H,16,17). The van der Waals surface area contributed by atoms with Crippen molar-refractivity contribution >= 4 is 23.3 Å². The molecule has 6 nitrogen and oxygen atoms in total. The van der Waals surface area contributed by atoms with Gasteiger partial charge in [0.2, 0.25) is 0 Å². The lowest BCUT2D eigenvalue weighted by atomic mass is 10.2. The molecule has 0 aromatic heterocycles. The SMILES string of the molecule is COC(=O)C(C)N(CCC(=O)O)c1ccccc1N. The molecule has 0 saturated heterocycles. The van der Waals surface area contributed by atoms with E-state index in [2.05, 4.69) is 0 Å². The number of hydrogen-bond donors (Lipinski definition) is 2. The monoisotopic (exact) mass is 266 g/mol. The average molecular weight is 266 g/mol. The second-order valence-electron chi connectivity index (χ2n) is 4.10. The van der Waals surface area contributed by atoms with Crippen LogP contribution < -0.4 is 10.6 Å². The van der Waals surface area contributed by atoms with Crippen LogP contribution >= 0.6 is 0 Å². The molecule has 19 heavy (non-hydrogen) atoms. The number of nitrogens with zero attached hydrogens (tertiary/aromatic N) is 1. The zero-order valence-electron chi connectivity index (χ0n) is 11.0. The second kappa shape index (κ2) is 6.63. The van der Waals surface area contributed by atoms with E-state index in [0.717, 1.165) is 0 Å². The number of esters is 1. The number of carboxylic acid groups (broad SMARTS) is 1. The Labute approximate surface area is 111 Å². The Morgan fingerprint density at radius 3 is 2.58 bits per heavy atom. The molecule has 0 aliphatic rings. The first-order valence-electron chi connectivity index (χ1n) is 5.88. The number of carboxylic acids is 1. The van der Waals surface area contributed by atoms with Gasteiger partial charge in [-0.1, -0.05) is 12.1 Å². The van der Waals surface area contributed by atoms with Gasteiger partial charge in [0.15, 0.2) is 0 Å². The molecule has 0 radical (unpaired) electrons. The quantitative estimate of drug-likeness (QED) is 0.592. The molecule has 1 unspecified atom stereocenters. The lowest BCUT2D eigenvalue weighted by molar-refractivity contribution is -0.142. The van der Waals surface area contributed by atoms with E-state index in [1.54, 1.807) is 36.1 Å². The number of methoxy groups -OCH3 is 1. The minimum Gasteiger partial charge on any atom is -0.481 e. The second-order valence-corrected chi connectivity index (χ2v) is 4.10. The van der Waals surface area contributed by atoms with Crippen LogP contribution in [0.1, 0.15) is 13.3 Å². The van der Waals surface area contributed by atoms with E-state index in [0.29, 0.717) is 11.4 Å². The zero-order valence-corrected chi connectivity index (χ0v) is 11.0. The molecule has 0 saturated carbocycles. The molecule has 0 aliphatic heterocycles. The first-order valence-corrected chi connectivity index (χ1v) is 5.88. The number of carbonyl (C=O) groups is 2. The summed E-state index contributed by atoms with van der Waals surface area (Å²) in [5.74, 6) is -1.37. The summed E-state index contributed by atoms with van der Waals surface area (Å²) in [5, 5.41) is 8.78. The fourth-order valence-corrected chi connectivity index (χ4v) is 1.79. The van der Waals surface area contributed by atoms with Crippen LogP contribution in [-0.2, 0) is 14.3 Å². The van der Waals surface area contributed by atoms with Crippen LogP contribution in [0.3, 0.4) is 0 Å². The van der Waals surface area contributed by atoms with Crippen LogP contribution in [0.25, 0.3) is 0 Å². The molecule has 1 rings (SSSR count). The molecule has 0 spiro atoms. The van der Waals surface area contributed by atoms with Gasteiger partial charge in [-0.15, -0.1) is 0 Å². The van der Waals surface area contributed by atoms with Crippen LogP contribution in [0, 0.1) is 0 Å². The van der Waals surface area contributed by atoms with E-state index in [9.17, 15) is 9.59 Å². The Hall–Kier alpha value is -2.24. The fraction of sp³-hybridized carbons (Fsp3) is 0.385. The Kier molecular flexibility index (Phi) is 5.17. The number of carbonyl (C=O) groups excluding carboxylic acids is 1. The molecule has 1 aromatic carbocycles. The highest BCUT2D eigenvalue weighted by Gasteiger charge is 2.24. The smallest absolute Gasteiger partial charge is 0.328 e. The van der Waals surface area contributed by atoms with Gasteiger partial charge in [-0.25, -0.2) is 4.79 Å². The average Bonchev–Trinajstić information content (AvgIpc) is 2.39. The maximum Gasteiger partial charge on any atom is 0.328 e. The van der Waals surface area contributed by atoms with Crippen molar-refractivity contribution in [2.24, 2.45) is 0 Å². The first-order chi connectivity index (χ1) is 8.97. The van der Waals surface area contributed by atoms with E-state index in [1.807, 2.05) is 0 Å². The van der Waals surface area contributed by atoms with Crippen molar-refractivity contribution in [2.45, 2.75) is 19.4 Å². The molecule has 1 aromatic rings. The summed E-state index contributed by atoms with van der Waals surface area (Å²) in [6.07, 6.45) is -0.0876. The molecule has 6 heteroatoms. The molecule has 104 valence electrons. The number of ether oxygens (including phenoxy) is 1. The zero-order chi connectivity index (χ0) is 14.4. The van der Waals surface area contributed by atoms with Gasteiger partial charge in [-0.05, 0) is 19.1 Å². The van der Waals surface area contributed by atoms with E-state index < -0.39 is 18.0 Å². The fourth-order valence-electron chi connectivity index (χ4n) is 1.79. The highest BCUT2D eigenvalue weighted by Crippen LogP contribution is 2.25. The lowest BCUT2D eigenvalue weighted by Gasteiger charge is -2.30. The number of para-hydroxylation sites is 2. The summed E-state index contributed by atoms with van der Waals surface area (Å²) in [4.78, 5) is 24.0. The van der Waals surface area contributed by atoms with Crippen molar-refractivity contribution in [3.8, 4) is 0 Å². The maximum atomic E-state index is 11.6. The predicted octanol–water partition coefficient (Wildman–Crippen LogP) is 1.11. The normalized spacial score (nSPS) is 11.7. The van der Waals surface area contributed by atoms with Gasteiger partial charge in [0.25, 0.3) is 0 Å². The third kappa shape index (κ3) is 3.87. The molecule has 0 bridgehead atoms. The van der Waals surface area contributed by atoms with E-state index in [1.165, 1.54) is 7.11 Å². The van der Waals surface area contributed by atoms with Crippen molar-refractivity contribution in [3.05, 3.63) is 24.3 Å². The van der Waals surface area contributed by atoms with Crippen LogP contribution in [0.4, 0.5) is 11.4 Å². The number of rotatable bonds is 6. The summed E-state index contributed by atoms with van der Waals surface area (Å²) in [7, 11) is 1.29. The molecule has 0 heterocycles. The molecular formula is C13H18N2O4. The molecule has 0 aliphatic carbocycles. The summed E-state index contributed by atoms with van der Waals surface area (Å²) in [5.41, 5.74) is 6.98. The summed E-state index contributed by atoms with van der Waals surface area (Å²) in [6, 6.07) is 6.40. The number of anilines is 2. The number of nitrogen functional groups attached to an aromatic ring is 1. The Balaban J connectivity index is 3.01. The van der Waals surface area contributed by atoms with Crippen molar-refractivity contribution in [1.82, 2.24) is 0 Å². The molecular weight excluding hydrogens is 248 g/mol. The lowest BCUT2D eigenvalue weighted by Crippen LogP contribution is -2.41. The highest BCUT2D eigenvalue weighted by molar-refractivity contribution is 5.82. The van der Waals surface area contributed by atoms with E-state index in [-0.39, 0.29) is 13.0 Å². The topological polar surface area (TPSA) is 92.9 Å². The third-order valence-corrected chi connectivity index (χ3v) is 2.82. The molecule has 0 amide bonds. The Morgan fingerprint density at radius 1 is 1.42 bits per heavy atom. The number of nitrogens with two attached hydrogens (primary N) is 1. The van der Waals surface area contributed by atoms with Crippen molar-refractivity contribution in [1.29, 1.82) is 0 Å². The van der Waals surface area contributed by atoms with Crippen LogP contribution in [0.5, 0.6) is 0 Å². The Bertz CT molecular complexity index is 462. The minimum absolute atomic E-state index is 0.0876. The van der Waals surface area contributed by atoms with E-state index >= 15 is 0 Å². The van der Waals surface area contributed by atoms with Gasteiger partial charge >= 0.3 is 11.9 Å². The Morgan fingerprint density at radius 2 is 2.05 bits per heavy atom. The van der Waals surface area contributed by atoms with Gasteiger partial charge in [0, 0.05) is 6.54 Å². The van der Waals surface area contributed by atoms with Crippen LogP contribution in [0.2, 0.25) is 0 Å². The van der Waals surface area contributed by atoms with E-state index in [4.69, 9.17) is 15.6 Å². The summed E-state index contributed by atoms with van der Waals surface area (Å²) in [6.45, 7) is 1.83. The van der Waals surface area contributed by atoms with Gasteiger partial charge in [0.1, 0.15) is 6.04 Å². The number of benzene rings is 1. The molecule has 0 fully saturated rings. The van der Waals surface area contributed by atoms with Crippen molar-refractivity contribution < 1.29 is 19.4 Å². The van der Waals surface area contributed by atoms with Gasteiger partial charge < -0.3 is 20.5 Å². The summed E-state index contributed by atoms with van der Waals surface area (Å²) < 4.78 is 4.69. The number of aliphatic carboxylic acids is 1. The maximum absolute atomic E-state index is 11.6. The first kappa shape index (κ1) is 14.8. The molecule has 1 atom stereocenters.